The summed E-state index contributed by atoms with van der Waals surface area (Å²) in [4.78, 5) is 3.06. The normalized spacial score (nSPS) is 26.9. The summed E-state index contributed by atoms with van der Waals surface area (Å²) in [5, 5.41) is 3.54. The predicted octanol–water partition coefficient (Wildman–Crippen LogP) is 1.67. The Balaban J connectivity index is 1.80. The van der Waals surface area contributed by atoms with Gasteiger partial charge in [0.25, 0.3) is 0 Å². The fourth-order valence-electron chi connectivity index (χ4n) is 2.16. The molecule has 1 aliphatic rings. The largest absolute Gasteiger partial charge is 0.380 e. The fraction of sp³-hybridized carbons (Fsp3) is 0.636. The molecule has 0 aromatic carbocycles. The maximum absolute atomic E-state index is 5.42. The number of hydrogen-bond donors (Lipinski definition) is 2. The highest BCUT2D eigenvalue weighted by Crippen LogP contribution is 2.21. The Labute approximate surface area is 84.9 Å². The first-order valence-corrected chi connectivity index (χ1v) is 5.28. The van der Waals surface area contributed by atoms with Crippen LogP contribution in [0.4, 0.5) is 0 Å². The lowest BCUT2D eigenvalue weighted by atomic mass is 10.2. The van der Waals surface area contributed by atoms with Gasteiger partial charge in [-0.3, -0.25) is 0 Å². The van der Waals surface area contributed by atoms with E-state index in [1.165, 1.54) is 24.8 Å². The molecule has 0 aliphatic heterocycles. The molecule has 0 bridgehead atoms. The number of H-pyrrole nitrogens is 1. The Morgan fingerprint density at radius 2 is 2.50 bits per heavy atom. The molecule has 1 saturated carbocycles. The summed E-state index contributed by atoms with van der Waals surface area (Å²) in [5.74, 6) is 0. The maximum Gasteiger partial charge on any atom is 0.0724 e. The summed E-state index contributed by atoms with van der Waals surface area (Å²) in [6.07, 6.45) is 8.12. The van der Waals surface area contributed by atoms with Crippen LogP contribution < -0.4 is 5.32 Å². The van der Waals surface area contributed by atoms with E-state index in [-0.39, 0.29) is 0 Å². The van der Waals surface area contributed by atoms with Crippen molar-refractivity contribution in [2.75, 3.05) is 7.11 Å². The minimum Gasteiger partial charge on any atom is -0.380 e. The fourth-order valence-corrected chi connectivity index (χ4v) is 2.16. The number of methoxy groups -OCH3 is 1. The second-order valence-corrected chi connectivity index (χ2v) is 3.91. The van der Waals surface area contributed by atoms with E-state index in [4.69, 9.17) is 4.74 Å². The molecule has 3 heteroatoms. The van der Waals surface area contributed by atoms with Crippen LogP contribution in [0, 0.1) is 0 Å². The predicted molar refractivity (Wildman–Crippen MR) is 56.1 cm³/mol. The second-order valence-electron chi connectivity index (χ2n) is 3.91. The van der Waals surface area contributed by atoms with Gasteiger partial charge in [0.15, 0.2) is 0 Å². The van der Waals surface area contributed by atoms with E-state index in [2.05, 4.69) is 16.4 Å². The van der Waals surface area contributed by atoms with E-state index in [0.717, 1.165) is 6.54 Å². The van der Waals surface area contributed by atoms with Gasteiger partial charge in [0.05, 0.1) is 6.10 Å². The van der Waals surface area contributed by atoms with Gasteiger partial charge >= 0.3 is 0 Å². The van der Waals surface area contributed by atoms with Gasteiger partial charge in [0, 0.05) is 32.1 Å². The van der Waals surface area contributed by atoms with Gasteiger partial charge in [-0.05, 0) is 30.9 Å². The van der Waals surface area contributed by atoms with Crippen molar-refractivity contribution in [3.8, 4) is 0 Å². The van der Waals surface area contributed by atoms with Gasteiger partial charge in [0.2, 0.25) is 0 Å². The Bertz CT molecular complexity index is 258. The highest BCUT2D eigenvalue weighted by Gasteiger charge is 2.26. The highest BCUT2D eigenvalue weighted by molar-refractivity contribution is 5.08. The molecule has 0 spiro atoms. The van der Waals surface area contributed by atoms with Crippen LogP contribution in [-0.4, -0.2) is 24.2 Å². The van der Waals surface area contributed by atoms with Gasteiger partial charge in [0.1, 0.15) is 0 Å². The van der Waals surface area contributed by atoms with E-state index in [0.29, 0.717) is 12.1 Å². The average molecular weight is 194 g/mol. The number of nitrogens with one attached hydrogen (secondary N) is 2. The molecule has 1 heterocycles. The van der Waals surface area contributed by atoms with Gasteiger partial charge in [-0.25, -0.2) is 0 Å². The summed E-state index contributed by atoms with van der Waals surface area (Å²) in [6, 6.07) is 2.64. The first-order chi connectivity index (χ1) is 6.90. The zero-order chi connectivity index (χ0) is 9.80. The lowest BCUT2D eigenvalue weighted by Crippen LogP contribution is -2.36. The van der Waals surface area contributed by atoms with Crippen LogP contribution in [0.2, 0.25) is 0 Å². The van der Waals surface area contributed by atoms with Crippen LogP contribution in [0.3, 0.4) is 0 Å². The van der Waals surface area contributed by atoms with Crippen LogP contribution in [0.25, 0.3) is 0 Å². The van der Waals surface area contributed by atoms with E-state index in [9.17, 15) is 0 Å². The second kappa shape index (κ2) is 4.62. The average Bonchev–Trinajstić information content (AvgIpc) is 2.85. The smallest absolute Gasteiger partial charge is 0.0724 e. The molecule has 1 fully saturated rings. The van der Waals surface area contributed by atoms with Crippen molar-refractivity contribution in [1.29, 1.82) is 0 Å². The number of aromatic nitrogens is 1. The molecule has 2 atom stereocenters. The molecule has 2 rings (SSSR count). The van der Waals surface area contributed by atoms with Crippen LogP contribution in [0.1, 0.15) is 24.8 Å². The van der Waals surface area contributed by atoms with E-state index in [1.807, 2.05) is 12.4 Å². The first kappa shape index (κ1) is 9.74. The summed E-state index contributed by atoms with van der Waals surface area (Å²) >= 11 is 0. The molecular weight excluding hydrogens is 176 g/mol. The van der Waals surface area contributed by atoms with E-state index in [1.54, 1.807) is 7.11 Å². The van der Waals surface area contributed by atoms with Crippen molar-refractivity contribution in [1.82, 2.24) is 10.3 Å². The van der Waals surface area contributed by atoms with Crippen molar-refractivity contribution in [3.05, 3.63) is 24.0 Å². The molecule has 2 unspecified atom stereocenters. The standard InChI is InChI=1S/C11H18N2O/c1-14-11-4-2-3-10(11)13-8-9-5-6-12-7-9/h5-7,10-13H,2-4,8H2,1H3. The van der Waals surface area contributed by atoms with Crippen molar-refractivity contribution in [2.45, 2.75) is 38.0 Å². The molecule has 78 valence electrons. The monoisotopic (exact) mass is 194 g/mol. The Hall–Kier alpha value is -0.800. The van der Waals surface area contributed by atoms with Gasteiger partial charge in [-0.15, -0.1) is 0 Å². The lowest BCUT2D eigenvalue weighted by Gasteiger charge is -2.19. The van der Waals surface area contributed by atoms with Crippen molar-refractivity contribution in [3.63, 3.8) is 0 Å². The summed E-state index contributed by atoms with van der Waals surface area (Å²) in [6.45, 7) is 0.939. The van der Waals surface area contributed by atoms with Gasteiger partial charge in [-0.1, -0.05) is 0 Å². The first-order valence-electron chi connectivity index (χ1n) is 5.28. The van der Waals surface area contributed by atoms with Crippen LogP contribution in [0.15, 0.2) is 18.5 Å². The van der Waals surface area contributed by atoms with Crippen LogP contribution >= 0.6 is 0 Å². The van der Waals surface area contributed by atoms with Crippen LogP contribution in [-0.2, 0) is 11.3 Å². The topological polar surface area (TPSA) is 37.0 Å². The molecule has 3 nitrogen and oxygen atoms in total. The quantitative estimate of drug-likeness (QED) is 0.765. The third kappa shape index (κ3) is 2.16. The van der Waals surface area contributed by atoms with Crippen molar-refractivity contribution < 1.29 is 4.74 Å². The molecule has 14 heavy (non-hydrogen) atoms. The van der Waals surface area contributed by atoms with Gasteiger partial charge in [-0.2, -0.15) is 0 Å². The SMILES string of the molecule is COC1CCCC1NCc1cc[nH]c1. The molecule has 1 aromatic rings. The maximum atomic E-state index is 5.42. The minimum absolute atomic E-state index is 0.411. The van der Waals surface area contributed by atoms with E-state index >= 15 is 0 Å². The molecule has 0 amide bonds. The number of rotatable bonds is 4. The minimum atomic E-state index is 0.411. The zero-order valence-electron chi connectivity index (χ0n) is 8.62. The molecule has 1 aromatic heterocycles. The lowest BCUT2D eigenvalue weighted by molar-refractivity contribution is 0.0847. The highest BCUT2D eigenvalue weighted by atomic mass is 16.5. The van der Waals surface area contributed by atoms with Crippen LogP contribution in [0.5, 0.6) is 0 Å². The van der Waals surface area contributed by atoms with Crippen molar-refractivity contribution in [2.24, 2.45) is 0 Å². The van der Waals surface area contributed by atoms with E-state index < -0.39 is 0 Å². The molecular formula is C11H18N2O. The Morgan fingerprint density at radius 3 is 3.21 bits per heavy atom. The number of hydrogen-bond acceptors (Lipinski definition) is 2. The third-order valence-corrected chi connectivity index (χ3v) is 2.99. The Morgan fingerprint density at radius 1 is 1.57 bits per heavy atom. The molecule has 2 N–H and O–H groups in total. The summed E-state index contributed by atoms with van der Waals surface area (Å²) in [5.41, 5.74) is 1.31. The summed E-state index contributed by atoms with van der Waals surface area (Å²) in [7, 11) is 1.81. The number of ether oxygens (including phenoxy) is 1. The zero-order valence-corrected chi connectivity index (χ0v) is 8.62. The van der Waals surface area contributed by atoms with Gasteiger partial charge < -0.3 is 15.0 Å². The summed E-state index contributed by atoms with van der Waals surface area (Å²) < 4.78 is 5.42. The molecule has 0 radical (unpaired) electrons. The molecule has 1 aliphatic carbocycles. The third-order valence-electron chi connectivity index (χ3n) is 2.99. The molecule has 0 saturated heterocycles. The van der Waals surface area contributed by atoms with Crippen molar-refractivity contribution >= 4 is 0 Å². The number of aromatic amines is 1. The Kier molecular flexibility index (Phi) is 3.22.